The van der Waals surface area contributed by atoms with Crippen molar-refractivity contribution in [1.29, 1.82) is 0 Å². The molecule has 3 N–H and O–H groups in total. The second kappa shape index (κ2) is 5.85. The lowest BCUT2D eigenvalue weighted by Gasteiger charge is -2.33. The zero-order chi connectivity index (χ0) is 15.0. The lowest BCUT2D eigenvalue weighted by Crippen LogP contribution is -2.42. The number of fused-ring (bicyclic) bond motifs is 1. The Hall–Kier alpha value is -1.27. The molecule has 0 radical (unpaired) electrons. The molecule has 0 aromatic carbocycles. The molecule has 2 atom stereocenters. The SMILES string of the molecule is Cc1nnc(NC2CCN3CCCCC23)c(C(N)=S)c1C. The molecule has 2 saturated heterocycles. The van der Waals surface area contributed by atoms with E-state index in [9.17, 15) is 0 Å². The van der Waals surface area contributed by atoms with Crippen LogP contribution in [-0.2, 0) is 0 Å². The summed E-state index contributed by atoms with van der Waals surface area (Å²) in [4.78, 5) is 2.99. The molecule has 0 spiro atoms. The quantitative estimate of drug-likeness (QED) is 0.830. The Bertz CT molecular complexity index is 559. The number of nitrogens with two attached hydrogens (primary N) is 1. The third-order valence-corrected chi connectivity index (χ3v) is 5.08. The zero-order valence-corrected chi connectivity index (χ0v) is 13.5. The van der Waals surface area contributed by atoms with Crippen molar-refractivity contribution in [1.82, 2.24) is 15.1 Å². The number of rotatable bonds is 3. The minimum Gasteiger partial charge on any atom is -0.389 e. The van der Waals surface area contributed by atoms with Crippen LogP contribution in [0.3, 0.4) is 0 Å². The van der Waals surface area contributed by atoms with Gasteiger partial charge in [-0.1, -0.05) is 18.6 Å². The van der Waals surface area contributed by atoms with Crippen molar-refractivity contribution in [2.45, 2.75) is 51.6 Å². The molecule has 3 rings (SSSR count). The van der Waals surface area contributed by atoms with Crippen LogP contribution >= 0.6 is 12.2 Å². The summed E-state index contributed by atoms with van der Waals surface area (Å²) in [6, 6.07) is 1.04. The number of piperidine rings is 1. The molecule has 2 aliphatic rings. The minimum absolute atomic E-state index is 0.395. The molecule has 2 unspecified atom stereocenters. The van der Waals surface area contributed by atoms with Gasteiger partial charge < -0.3 is 11.1 Å². The molecular weight excluding hydrogens is 282 g/mol. The molecule has 0 aliphatic carbocycles. The Balaban J connectivity index is 1.85. The largest absolute Gasteiger partial charge is 0.389 e. The highest BCUT2D eigenvalue weighted by Crippen LogP contribution is 2.30. The van der Waals surface area contributed by atoms with E-state index in [1.807, 2.05) is 13.8 Å². The van der Waals surface area contributed by atoms with Gasteiger partial charge in [0.25, 0.3) is 0 Å². The van der Waals surface area contributed by atoms with Gasteiger partial charge in [-0.2, -0.15) is 5.10 Å². The predicted octanol–water partition coefficient (Wildman–Crippen LogP) is 1.77. The van der Waals surface area contributed by atoms with Crippen LogP contribution in [-0.4, -0.2) is 45.3 Å². The summed E-state index contributed by atoms with van der Waals surface area (Å²) in [7, 11) is 0. The fraction of sp³-hybridized carbons (Fsp3) is 0.667. The molecular formula is C15H23N5S. The smallest absolute Gasteiger partial charge is 0.159 e. The van der Waals surface area contributed by atoms with E-state index in [0.717, 1.165) is 29.1 Å². The van der Waals surface area contributed by atoms with Crippen LogP contribution in [0.1, 0.15) is 42.5 Å². The first-order valence-corrected chi connectivity index (χ1v) is 8.13. The third-order valence-electron chi connectivity index (χ3n) is 4.88. The molecule has 1 aromatic heterocycles. The topological polar surface area (TPSA) is 67.1 Å². The summed E-state index contributed by atoms with van der Waals surface area (Å²) in [5.74, 6) is 0.753. The molecule has 114 valence electrons. The number of nitrogens with zero attached hydrogens (tertiary/aromatic N) is 3. The van der Waals surface area contributed by atoms with Gasteiger partial charge in [-0.25, -0.2) is 0 Å². The van der Waals surface area contributed by atoms with Gasteiger partial charge in [0.2, 0.25) is 0 Å². The number of nitrogens with one attached hydrogen (secondary N) is 1. The van der Waals surface area contributed by atoms with Gasteiger partial charge in [-0.05, 0) is 45.2 Å². The molecule has 2 aliphatic heterocycles. The Morgan fingerprint density at radius 1 is 1.24 bits per heavy atom. The first-order chi connectivity index (χ1) is 10.1. The van der Waals surface area contributed by atoms with Gasteiger partial charge in [0.05, 0.1) is 11.3 Å². The van der Waals surface area contributed by atoms with E-state index in [0.29, 0.717) is 17.1 Å². The first-order valence-electron chi connectivity index (χ1n) is 7.72. The minimum atomic E-state index is 0.395. The van der Waals surface area contributed by atoms with Crippen LogP contribution in [0.2, 0.25) is 0 Å². The highest BCUT2D eigenvalue weighted by Gasteiger charge is 2.36. The van der Waals surface area contributed by atoms with Crippen molar-refractivity contribution in [3.63, 3.8) is 0 Å². The number of aromatic nitrogens is 2. The molecule has 21 heavy (non-hydrogen) atoms. The lowest BCUT2D eigenvalue weighted by molar-refractivity contribution is 0.192. The summed E-state index contributed by atoms with van der Waals surface area (Å²) in [5, 5.41) is 12.1. The van der Waals surface area contributed by atoms with Crippen molar-refractivity contribution in [3.05, 3.63) is 16.8 Å². The van der Waals surface area contributed by atoms with Crippen LogP contribution in [0.4, 0.5) is 5.82 Å². The number of hydrogen-bond acceptors (Lipinski definition) is 5. The van der Waals surface area contributed by atoms with Crippen molar-refractivity contribution < 1.29 is 0 Å². The fourth-order valence-electron chi connectivity index (χ4n) is 3.60. The number of hydrogen-bond donors (Lipinski definition) is 2. The highest BCUT2D eigenvalue weighted by atomic mass is 32.1. The van der Waals surface area contributed by atoms with Gasteiger partial charge >= 0.3 is 0 Å². The van der Waals surface area contributed by atoms with E-state index in [1.165, 1.54) is 32.4 Å². The maximum atomic E-state index is 5.90. The Labute approximate surface area is 131 Å². The van der Waals surface area contributed by atoms with E-state index in [1.54, 1.807) is 0 Å². The normalized spacial score (nSPS) is 25.6. The molecule has 0 saturated carbocycles. The predicted molar refractivity (Wildman–Crippen MR) is 88.6 cm³/mol. The number of anilines is 1. The Kier molecular flexibility index (Phi) is 4.08. The number of thiocarbonyl (C=S) groups is 1. The monoisotopic (exact) mass is 305 g/mol. The maximum Gasteiger partial charge on any atom is 0.159 e. The lowest BCUT2D eigenvalue weighted by atomic mass is 9.98. The Morgan fingerprint density at radius 2 is 2.05 bits per heavy atom. The first kappa shape index (κ1) is 14.7. The average Bonchev–Trinajstić information content (AvgIpc) is 2.86. The van der Waals surface area contributed by atoms with Crippen molar-refractivity contribution in [3.8, 4) is 0 Å². The molecule has 5 nitrogen and oxygen atoms in total. The summed E-state index contributed by atoms with van der Waals surface area (Å²) in [6.07, 6.45) is 5.05. The van der Waals surface area contributed by atoms with Gasteiger partial charge in [0.15, 0.2) is 5.82 Å². The third kappa shape index (κ3) is 2.74. The molecule has 0 bridgehead atoms. The standard InChI is InChI=1S/C15H23N5S/c1-9-10(2)18-19-15(13(9)14(16)21)17-11-6-8-20-7-4-3-5-12(11)20/h11-12H,3-8H2,1-2H3,(H2,16,21)(H,17,19). The van der Waals surface area contributed by atoms with Gasteiger partial charge in [-0.3, -0.25) is 4.90 Å². The second-order valence-electron chi connectivity index (χ2n) is 6.14. The van der Waals surface area contributed by atoms with Gasteiger partial charge in [0, 0.05) is 18.6 Å². The fourth-order valence-corrected chi connectivity index (χ4v) is 3.85. The highest BCUT2D eigenvalue weighted by molar-refractivity contribution is 7.80. The van der Waals surface area contributed by atoms with Crippen molar-refractivity contribution in [2.24, 2.45) is 5.73 Å². The van der Waals surface area contributed by atoms with Gasteiger partial charge in [0.1, 0.15) is 4.99 Å². The summed E-state index contributed by atoms with van der Waals surface area (Å²) in [6.45, 7) is 6.34. The number of aryl methyl sites for hydroxylation is 1. The Morgan fingerprint density at radius 3 is 2.81 bits per heavy atom. The second-order valence-corrected chi connectivity index (χ2v) is 6.58. The van der Waals surface area contributed by atoms with Crippen LogP contribution in [0.15, 0.2) is 0 Å². The van der Waals surface area contributed by atoms with Crippen LogP contribution < -0.4 is 11.1 Å². The van der Waals surface area contributed by atoms with Crippen LogP contribution in [0.25, 0.3) is 0 Å². The van der Waals surface area contributed by atoms with Gasteiger partial charge in [-0.15, -0.1) is 5.10 Å². The molecule has 2 fully saturated rings. The van der Waals surface area contributed by atoms with Crippen molar-refractivity contribution >= 4 is 23.0 Å². The van der Waals surface area contributed by atoms with Crippen LogP contribution in [0.5, 0.6) is 0 Å². The van der Waals surface area contributed by atoms with E-state index in [4.69, 9.17) is 18.0 Å². The molecule has 6 heteroatoms. The zero-order valence-electron chi connectivity index (χ0n) is 12.7. The summed E-state index contributed by atoms with van der Waals surface area (Å²) < 4.78 is 0. The summed E-state index contributed by atoms with van der Waals surface area (Å²) in [5.41, 5.74) is 8.67. The van der Waals surface area contributed by atoms with E-state index in [2.05, 4.69) is 20.4 Å². The van der Waals surface area contributed by atoms with E-state index in [-0.39, 0.29) is 0 Å². The molecule has 1 aromatic rings. The molecule has 0 amide bonds. The summed E-state index contributed by atoms with van der Waals surface area (Å²) >= 11 is 5.21. The van der Waals surface area contributed by atoms with Crippen LogP contribution in [0, 0.1) is 13.8 Å². The average molecular weight is 305 g/mol. The van der Waals surface area contributed by atoms with Crippen molar-refractivity contribution in [2.75, 3.05) is 18.4 Å². The molecule has 3 heterocycles. The maximum absolute atomic E-state index is 5.90. The van der Waals surface area contributed by atoms with E-state index < -0.39 is 0 Å². The van der Waals surface area contributed by atoms with E-state index >= 15 is 0 Å².